The summed E-state index contributed by atoms with van der Waals surface area (Å²) in [5, 5.41) is 3.54. The van der Waals surface area contributed by atoms with Crippen molar-refractivity contribution in [2.75, 3.05) is 18.1 Å². The molecule has 0 unspecified atom stereocenters. The van der Waals surface area contributed by atoms with Crippen molar-refractivity contribution < 1.29 is 8.42 Å². The largest absolute Gasteiger partial charge is 0.314 e. The van der Waals surface area contributed by atoms with Crippen LogP contribution in [0.5, 0.6) is 0 Å². The molecule has 0 atom stereocenters. The summed E-state index contributed by atoms with van der Waals surface area (Å²) in [5.41, 5.74) is 0. The van der Waals surface area contributed by atoms with E-state index in [0.29, 0.717) is 17.5 Å². The highest BCUT2D eigenvalue weighted by molar-refractivity contribution is 7.91. The SMILES string of the molecule is O=S1(=O)CCC(NCCC2CCCCC2)CC1. The average molecular weight is 259 g/mol. The van der Waals surface area contributed by atoms with Crippen molar-refractivity contribution in [1.82, 2.24) is 5.32 Å². The average Bonchev–Trinajstić information content (AvgIpc) is 2.33. The summed E-state index contributed by atoms with van der Waals surface area (Å²) >= 11 is 0. The minimum absolute atomic E-state index is 0.383. The smallest absolute Gasteiger partial charge is 0.150 e. The third kappa shape index (κ3) is 4.59. The molecule has 0 spiro atoms. The van der Waals surface area contributed by atoms with E-state index in [-0.39, 0.29) is 0 Å². The van der Waals surface area contributed by atoms with Crippen molar-refractivity contribution in [2.45, 2.75) is 57.4 Å². The Morgan fingerprint density at radius 1 is 0.941 bits per heavy atom. The summed E-state index contributed by atoms with van der Waals surface area (Å²) in [6.45, 7) is 1.08. The fourth-order valence-electron chi connectivity index (χ4n) is 3.06. The van der Waals surface area contributed by atoms with Gasteiger partial charge < -0.3 is 5.32 Å². The van der Waals surface area contributed by atoms with Crippen LogP contribution < -0.4 is 5.32 Å². The molecule has 0 amide bonds. The molecule has 1 aliphatic heterocycles. The topological polar surface area (TPSA) is 46.2 Å². The van der Waals surface area contributed by atoms with Gasteiger partial charge >= 0.3 is 0 Å². The van der Waals surface area contributed by atoms with Gasteiger partial charge in [-0.3, -0.25) is 0 Å². The van der Waals surface area contributed by atoms with Gasteiger partial charge in [0.1, 0.15) is 9.84 Å². The van der Waals surface area contributed by atoms with Crippen molar-refractivity contribution in [3.8, 4) is 0 Å². The first-order valence-corrected chi connectivity index (χ1v) is 8.92. The lowest BCUT2D eigenvalue weighted by molar-refractivity contribution is 0.324. The third-order valence-corrected chi connectivity index (χ3v) is 5.98. The molecule has 1 saturated heterocycles. The van der Waals surface area contributed by atoms with Crippen LogP contribution in [0.3, 0.4) is 0 Å². The normalized spacial score (nSPS) is 27.1. The molecular weight excluding hydrogens is 234 g/mol. The lowest BCUT2D eigenvalue weighted by atomic mass is 9.87. The van der Waals surface area contributed by atoms with E-state index in [9.17, 15) is 8.42 Å². The Bertz CT molecular complexity index is 306. The second-order valence-corrected chi connectivity index (χ2v) is 7.98. The van der Waals surface area contributed by atoms with Gasteiger partial charge in [-0.1, -0.05) is 32.1 Å². The Hall–Kier alpha value is -0.0900. The summed E-state index contributed by atoms with van der Waals surface area (Å²) in [5.74, 6) is 1.69. The molecule has 2 rings (SSSR count). The molecule has 1 heterocycles. The van der Waals surface area contributed by atoms with Crippen LogP contribution in [0.4, 0.5) is 0 Å². The van der Waals surface area contributed by atoms with Crippen molar-refractivity contribution in [1.29, 1.82) is 0 Å². The maximum Gasteiger partial charge on any atom is 0.150 e. The number of hydrogen-bond donors (Lipinski definition) is 1. The van der Waals surface area contributed by atoms with Crippen molar-refractivity contribution in [3.63, 3.8) is 0 Å². The van der Waals surface area contributed by atoms with Crippen LogP contribution in [0, 0.1) is 5.92 Å². The minimum Gasteiger partial charge on any atom is -0.314 e. The molecule has 2 fully saturated rings. The molecular formula is C13H25NO2S. The molecule has 0 aromatic heterocycles. The molecule has 0 radical (unpaired) electrons. The number of hydrogen-bond acceptors (Lipinski definition) is 3. The molecule has 100 valence electrons. The number of sulfone groups is 1. The predicted octanol–water partition coefficient (Wildman–Crippen LogP) is 2.12. The molecule has 4 heteroatoms. The zero-order valence-electron chi connectivity index (χ0n) is 10.7. The number of rotatable bonds is 4. The second kappa shape index (κ2) is 6.19. The van der Waals surface area contributed by atoms with Crippen LogP contribution in [-0.2, 0) is 9.84 Å². The molecule has 1 aliphatic carbocycles. The van der Waals surface area contributed by atoms with E-state index in [4.69, 9.17) is 0 Å². The first-order valence-electron chi connectivity index (χ1n) is 7.09. The van der Waals surface area contributed by atoms with Gasteiger partial charge in [-0.25, -0.2) is 8.42 Å². The van der Waals surface area contributed by atoms with Gasteiger partial charge in [0.05, 0.1) is 11.5 Å². The third-order valence-electron chi connectivity index (χ3n) is 4.26. The Morgan fingerprint density at radius 3 is 2.24 bits per heavy atom. The summed E-state index contributed by atoms with van der Waals surface area (Å²) in [7, 11) is -2.70. The molecule has 17 heavy (non-hydrogen) atoms. The van der Waals surface area contributed by atoms with E-state index >= 15 is 0 Å². The van der Waals surface area contributed by atoms with Crippen LogP contribution in [-0.4, -0.2) is 32.5 Å². The lowest BCUT2D eigenvalue weighted by Crippen LogP contribution is -2.38. The summed E-state index contributed by atoms with van der Waals surface area (Å²) in [6, 6.07) is 0.446. The molecule has 3 nitrogen and oxygen atoms in total. The maximum atomic E-state index is 11.3. The van der Waals surface area contributed by atoms with Crippen LogP contribution in [0.1, 0.15) is 51.4 Å². The van der Waals surface area contributed by atoms with E-state index in [0.717, 1.165) is 25.3 Å². The van der Waals surface area contributed by atoms with Gasteiger partial charge in [0, 0.05) is 6.04 Å². The van der Waals surface area contributed by atoms with Crippen LogP contribution in [0.2, 0.25) is 0 Å². The van der Waals surface area contributed by atoms with E-state index < -0.39 is 9.84 Å². The van der Waals surface area contributed by atoms with E-state index in [1.807, 2.05) is 0 Å². The van der Waals surface area contributed by atoms with Gasteiger partial charge in [0.2, 0.25) is 0 Å². The Balaban J connectivity index is 1.59. The van der Waals surface area contributed by atoms with Crippen molar-refractivity contribution in [3.05, 3.63) is 0 Å². The second-order valence-electron chi connectivity index (χ2n) is 5.67. The van der Waals surface area contributed by atoms with E-state index in [1.54, 1.807) is 0 Å². The van der Waals surface area contributed by atoms with Crippen molar-refractivity contribution in [2.24, 2.45) is 5.92 Å². The molecule has 1 saturated carbocycles. The molecule has 2 aliphatic rings. The van der Waals surface area contributed by atoms with E-state index in [1.165, 1.54) is 38.5 Å². The summed E-state index contributed by atoms with van der Waals surface area (Å²) < 4.78 is 22.6. The fourth-order valence-corrected chi connectivity index (χ4v) is 4.55. The molecule has 0 aromatic rings. The van der Waals surface area contributed by atoms with Crippen LogP contribution in [0.25, 0.3) is 0 Å². The highest BCUT2D eigenvalue weighted by atomic mass is 32.2. The first-order chi connectivity index (χ1) is 8.16. The van der Waals surface area contributed by atoms with Gasteiger partial charge in [-0.2, -0.15) is 0 Å². The first kappa shape index (κ1) is 13.3. The quantitative estimate of drug-likeness (QED) is 0.841. The Kier molecular flexibility index (Phi) is 4.86. The molecule has 0 bridgehead atoms. The molecule has 0 aromatic carbocycles. The fraction of sp³-hybridized carbons (Fsp3) is 1.00. The van der Waals surface area contributed by atoms with Crippen LogP contribution in [0.15, 0.2) is 0 Å². The Labute approximate surface area is 105 Å². The Morgan fingerprint density at radius 2 is 1.59 bits per heavy atom. The van der Waals surface area contributed by atoms with Gasteiger partial charge in [-0.15, -0.1) is 0 Å². The van der Waals surface area contributed by atoms with Gasteiger partial charge in [-0.05, 0) is 31.7 Å². The standard InChI is InChI=1S/C13H25NO2S/c15-17(16)10-7-13(8-11-17)14-9-6-12-4-2-1-3-5-12/h12-14H,1-11H2. The van der Waals surface area contributed by atoms with Gasteiger partial charge in [0.15, 0.2) is 0 Å². The van der Waals surface area contributed by atoms with Crippen molar-refractivity contribution >= 4 is 9.84 Å². The van der Waals surface area contributed by atoms with Crippen LogP contribution >= 0.6 is 0 Å². The number of nitrogens with one attached hydrogen (secondary N) is 1. The van der Waals surface area contributed by atoms with E-state index in [2.05, 4.69) is 5.32 Å². The predicted molar refractivity (Wildman–Crippen MR) is 70.9 cm³/mol. The summed E-state index contributed by atoms with van der Waals surface area (Å²) in [6.07, 6.45) is 9.95. The maximum absolute atomic E-state index is 11.3. The lowest BCUT2D eigenvalue weighted by Gasteiger charge is -2.25. The zero-order chi connectivity index (χ0) is 12.1. The highest BCUT2D eigenvalue weighted by Gasteiger charge is 2.23. The minimum atomic E-state index is -2.70. The van der Waals surface area contributed by atoms with Gasteiger partial charge in [0.25, 0.3) is 0 Å². The monoisotopic (exact) mass is 259 g/mol. The molecule has 1 N–H and O–H groups in total. The summed E-state index contributed by atoms with van der Waals surface area (Å²) in [4.78, 5) is 0. The zero-order valence-corrected chi connectivity index (χ0v) is 11.5. The highest BCUT2D eigenvalue weighted by Crippen LogP contribution is 2.25.